The van der Waals surface area contributed by atoms with E-state index < -0.39 is 0 Å². The van der Waals surface area contributed by atoms with Crippen LogP contribution in [0.25, 0.3) is 0 Å². The van der Waals surface area contributed by atoms with Crippen LogP contribution in [0.15, 0.2) is 12.7 Å². The molecule has 0 aromatic rings. The minimum Gasteiger partial charge on any atom is -0.381 e. The Morgan fingerprint density at radius 2 is 2.17 bits per heavy atom. The van der Waals surface area contributed by atoms with Crippen molar-refractivity contribution in [2.24, 2.45) is 5.41 Å². The summed E-state index contributed by atoms with van der Waals surface area (Å²) in [5.41, 5.74) is 0.188. The molecule has 0 aromatic carbocycles. The monoisotopic (exact) mass is 234 g/mol. The molecule has 1 nitrogen and oxygen atoms in total. The molecule has 1 unspecified atom stereocenters. The smallest absolute Gasteiger partial charge is 0.0474 e. The largest absolute Gasteiger partial charge is 0.381 e. The van der Waals surface area contributed by atoms with Crippen LogP contribution < -0.4 is 0 Å². The number of halogens is 1. The van der Waals surface area contributed by atoms with Crippen molar-refractivity contribution in [3.8, 4) is 0 Å². The van der Waals surface area contributed by atoms with Gasteiger partial charge in [0.2, 0.25) is 0 Å². The molecule has 72 valence electrons. The topological polar surface area (TPSA) is 9.23 Å². The molecule has 0 saturated carbocycles. The van der Waals surface area contributed by atoms with Crippen molar-refractivity contribution in [1.82, 2.24) is 0 Å². The van der Waals surface area contributed by atoms with E-state index in [1.807, 2.05) is 6.08 Å². The Labute approximate surface area is 84.3 Å². The second-order valence-electron chi connectivity index (χ2n) is 3.35. The van der Waals surface area contributed by atoms with Crippen LogP contribution in [0.2, 0.25) is 0 Å². The van der Waals surface area contributed by atoms with Crippen molar-refractivity contribution in [2.75, 3.05) is 18.5 Å². The first-order valence-corrected chi connectivity index (χ1v) is 5.58. The van der Waals surface area contributed by atoms with Crippen molar-refractivity contribution < 1.29 is 4.74 Å². The van der Waals surface area contributed by atoms with Gasteiger partial charge in [0.25, 0.3) is 0 Å². The third-order valence-electron chi connectivity index (χ3n) is 1.96. The first kappa shape index (κ1) is 12.2. The summed E-state index contributed by atoms with van der Waals surface area (Å²) in [6.45, 7) is 9.83. The van der Waals surface area contributed by atoms with E-state index in [0.29, 0.717) is 0 Å². The highest BCUT2D eigenvalue weighted by Crippen LogP contribution is 2.24. The number of ether oxygens (including phenoxy) is 1. The van der Waals surface area contributed by atoms with E-state index in [2.05, 4.69) is 36.4 Å². The zero-order valence-corrected chi connectivity index (χ0v) is 9.69. The maximum atomic E-state index is 5.41. The SMILES string of the molecule is C=CC(C)(CBr)CCOCCC. The second kappa shape index (κ2) is 6.67. The Balaban J connectivity index is 3.51. The Kier molecular flexibility index (Phi) is 6.77. The van der Waals surface area contributed by atoms with Crippen LogP contribution in [0.4, 0.5) is 0 Å². The number of allylic oxidation sites excluding steroid dienone is 1. The number of hydrogen-bond acceptors (Lipinski definition) is 1. The lowest BCUT2D eigenvalue weighted by molar-refractivity contribution is 0.115. The van der Waals surface area contributed by atoms with Crippen LogP contribution in [0, 0.1) is 5.41 Å². The zero-order chi connectivity index (χ0) is 9.45. The summed E-state index contributed by atoms with van der Waals surface area (Å²) in [7, 11) is 0. The standard InChI is InChI=1S/C10H19BrO/c1-4-7-12-8-6-10(3,5-2)9-11/h5H,2,4,6-9H2,1,3H3. The first-order valence-electron chi connectivity index (χ1n) is 4.46. The fraction of sp³-hybridized carbons (Fsp3) is 0.800. The molecular weight excluding hydrogens is 216 g/mol. The van der Waals surface area contributed by atoms with Crippen LogP contribution in [-0.2, 0) is 4.74 Å². The molecule has 1 atom stereocenters. The van der Waals surface area contributed by atoms with E-state index in [0.717, 1.165) is 31.4 Å². The lowest BCUT2D eigenvalue weighted by atomic mass is 9.90. The summed E-state index contributed by atoms with van der Waals surface area (Å²) >= 11 is 3.47. The highest BCUT2D eigenvalue weighted by Gasteiger charge is 2.17. The summed E-state index contributed by atoms with van der Waals surface area (Å²) in [5, 5.41) is 0.957. The third-order valence-corrected chi connectivity index (χ3v) is 3.25. The van der Waals surface area contributed by atoms with Crippen molar-refractivity contribution in [2.45, 2.75) is 26.7 Å². The van der Waals surface area contributed by atoms with Gasteiger partial charge in [0.1, 0.15) is 0 Å². The quantitative estimate of drug-likeness (QED) is 0.373. The van der Waals surface area contributed by atoms with Crippen molar-refractivity contribution in [3.63, 3.8) is 0 Å². The Morgan fingerprint density at radius 1 is 1.50 bits per heavy atom. The second-order valence-corrected chi connectivity index (χ2v) is 3.91. The molecule has 0 rings (SSSR count). The van der Waals surface area contributed by atoms with Crippen LogP contribution in [0.5, 0.6) is 0 Å². The van der Waals surface area contributed by atoms with Crippen LogP contribution >= 0.6 is 15.9 Å². The third kappa shape index (κ3) is 4.94. The molecule has 0 bridgehead atoms. The van der Waals surface area contributed by atoms with E-state index >= 15 is 0 Å². The van der Waals surface area contributed by atoms with Gasteiger partial charge in [-0.05, 0) is 18.3 Å². The normalized spacial score (nSPS) is 15.6. The highest BCUT2D eigenvalue weighted by atomic mass is 79.9. The molecule has 0 radical (unpaired) electrons. The molecule has 0 aliphatic rings. The fourth-order valence-electron chi connectivity index (χ4n) is 0.775. The van der Waals surface area contributed by atoms with Crippen molar-refractivity contribution in [1.29, 1.82) is 0 Å². The molecule has 0 spiro atoms. The van der Waals surface area contributed by atoms with E-state index in [-0.39, 0.29) is 5.41 Å². The molecule has 0 aliphatic heterocycles. The number of rotatable bonds is 7. The Hall–Kier alpha value is 0.180. The minimum atomic E-state index is 0.188. The summed E-state index contributed by atoms with van der Waals surface area (Å²) in [6.07, 6.45) is 4.14. The van der Waals surface area contributed by atoms with Crippen molar-refractivity contribution in [3.05, 3.63) is 12.7 Å². The van der Waals surface area contributed by atoms with Gasteiger partial charge in [-0.2, -0.15) is 0 Å². The molecule has 0 amide bonds. The molecule has 0 N–H and O–H groups in total. The van der Waals surface area contributed by atoms with E-state index in [4.69, 9.17) is 4.74 Å². The zero-order valence-electron chi connectivity index (χ0n) is 8.11. The Bertz CT molecular complexity index is 125. The maximum absolute atomic E-state index is 5.41. The average Bonchev–Trinajstić information content (AvgIpc) is 2.12. The van der Waals surface area contributed by atoms with Gasteiger partial charge in [-0.25, -0.2) is 0 Å². The molecule has 0 heterocycles. The molecule has 2 heteroatoms. The molecule has 0 aliphatic carbocycles. The molecule has 12 heavy (non-hydrogen) atoms. The van der Waals surface area contributed by atoms with Crippen LogP contribution in [-0.4, -0.2) is 18.5 Å². The van der Waals surface area contributed by atoms with Crippen LogP contribution in [0.3, 0.4) is 0 Å². The Morgan fingerprint density at radius 3 is 2.58 bits per heavy atom. The summed E-state index contributed by atoms with van der Waals surface area (Å²) in [4.78, 5) is 0. The lowest BCUT2D eigenvalue weighted by Gasteiger charge is -2.22. The van der Waals surface area contributed by atoms with Gasteiger partial charge in [-0.1, -0.05) is 35.9 Å². The van der Waals surface area contributed by atoms with Gasteiger partial charge < -0.3 is 4.74 Å². The van der Waals surface area contributed by atoms with Gasteiger partial charge in [-0.15, -0.1) is 6.58 Å². The highest BCUT2D eigenvalue weighted by molar-refractivity contribution is 9.09. The summed E-state index contributed by atoms with van der Waals surface area (Å²) in [6, 6.07) is 0. The van der Waals surface area contributed by atoms with Crippen molar-refractivity contribution >= 4 is 15.9 Å². The minimum absolute atomic E-state index is 0.188. The summed E-state index contributed by atoms with van der Waals surface area (Å²) in [5.74, 6) is 0. The molecule has 0 aromatic heterocycles. The van der Waals surface area contributed by atoms with E-state index in [1.54, 1.807) is 0 Å². The van der Waals surface area contributed by atoms with Gasteiger partial charge >= 0.3 is 0 Å². The lowest BCUT2D eigenvalue weighted by Crippen LogP contribution is -2.17. The number of alkyl halides is 1. The van der Waals surface area contributed by atoms with Gasteiger partial charge in [0, 0.05) is 18.5 Å². The maximum Gasteiger partial charge on any atom is 0.0474 e. The van der Waals surface area contributed by atoms with Gasteiger partial charge in [0.15, 0.2) is 0 Å². The predicted octanol–water partition coefficient (Wildman–Crippen LogP) is 3.39. The number of hydrogen-bond donors (Lipinski definition) is 0. The fourth-order valence-corrected chi connectivity index (χ4v) is 1.28. The average molecular weight is 235 g/mol. The van der Waals surface area contributed by atoms with E-state index in [9.17, 15) is 0 Å². The van der Waals surface area contributed by atoms with Crippen LogP contribution in [0.1, 0.15) is 26.7 Å². The van der Waals surface area contributed by atoms with Gasteiger partial charge in [0.05, 0.1) is 0 Å². The first-order chi connectivity index (χ1) is 5.68. The van der Waals surface area contributed by atoms with Gasteiger partial charge in [-0.3, -0.25) is 0 Å². The predicted molar refractivity (Wildman–Crippen MR) is 57.8 cm³/mol. The molecular formula is C10H19BrO. The molecule has 0 saturated heterocycles. The summed E-state index contributed by atoms with van der Waals surface area (Å²) < 4.78 is 5.41. The molecule has 0 fully saturated rings. The van der Waals surface area contributed by atoms with E-state index in [1.165, 1.54) is 0 Å².